The van der Waals surface area contributed by atoms with E-state index in [2.05, 4.69) is 13.8 Å². The van der Waals surface area contributed by atoms with Crippen LogP contribution in [0.15, 0.2) is 24.3 Å². The van der Waals surface area contributed by atoms with E-state index in [1.807, 2.05) is 0 Å². The van der Waals surface area contributed by atoms with Crippen LogP contribution in [0, 0.1) is 5.92 Å². The van der Waals surface area contributed by atoms with Crippen molar-refractivity contribution in [3.63, 3.8) is 0 Å². The van der Waals surface area contributed by atoms with E-state index in [-0.39, 0.29) is 11.6 Å². The molecule has 3 heteroatoms. The minimum absolute atomic E-state index is 0.121. The molecule has 0 amide bonds. The molecule has 0 radical (unpaired) electrons. The molecule has 0 fully saturated rings. The molecule has 0 spiro atoms. The topological polar surface area (TPSA) is 54.4 Å². The van der Waals surface area contributed by atoms with Gasteiger partial charge < -0.3 is 5.11 Å². The normalized spacial score (nSPS) is 14.3. The number of rotatable bonds is 2. The third kappa shape index (κ3) is 7.43. The lowest BCUT2D eigenvalue weighted by atomic mass is 10.2. The van der Waals surface area contributed by atoms with Crippen molar-refractivity contribution < 1.29 is 14.7 Å². The maximum Gasteiger partial charge on any atom is 0.178 e. The van der Waals surface area contributed by atoms with E-state index in [0.717, 1.165) is 6.42 Å². The van der Waals surface area contributed by atoms with Crippen molar-refractivity contribution in [3.05, 3.63) is 24.3 Å². The molecule has 1 aliphatic rings. The van der Waals surface area contributed by atoms with Gasteiger partial charge in [0.05, 0.1) is 0 Å². The Hall–Kier alpha value is -1.22. The Bertz CT molecular complexity index is 211. The van der Waals surface area contributed by atoms with Crippen molar-refractivity contribution >= 4 is 11.6 Å². The van der Waals surface area contributed by atoms with Gasteiger partial charge in [-0.05, 0) is 36.6 Å². The minimum Gasteiger partial charge on any atom is -0.396 e. The van der Waals surface area contributed by atoms with Crippen LogP contribution in [0.4, 0.5) is 0 Å². The molecular weight excluding hydrogens is 180 g/mol. The van der Waals surface area contributed by atoms with Crippen molar-refractivity contribution in [1.29, 1.82) is 0 Å². The van der Waals surface area contributed by atoms with E-state index in [9.17, 15) is 9.59 Å². The van der Waals surface area contributed by atoms with Crippen LogP contribution in [0.25, 0.3) is 0 Å². The lowest BCUT2D eigenvalue weighted by Gasteiger charge is -1.95. The van der Waals surface area contributed by atoms with Crippen molar-refractivity contribution in [1.82, 2.24) is 0 Å². The van der Waals surface area contributed by atoms with Crippen LogP contribution in [0.1, 0.15) is 20.3 Å². The number of carbonyl (C=O) groups is 2. The number of aliphatic hydroxyl groups is 1. The Labute approximate surface area is 84.1 Å². The van der Waals surface area contributed by atoms with Gasteiger partial charge in [-0.15, -0.1) is 0 Å². The number of allylic oxidation sites excluding steroid dienone is 4. The number of aliphatic hydroxyl groups excluding tert-OH is 1. The van der Waals surface area contributed by atoms with Gasteiger partial charge in [0.15, 0.2) is 11.6 Å². The Morgan fingerprint density at radius 3 is 1.57 bits per heavy atom. The summed E-state index contributed by atoms with van der Waals surface area (Å²) in [6.07, 6.45) is 5.94. The van der Waals surface area contributed by atoms with E-state index in [1.54, 1.807) is 0 Å². The first-order chi connectivity index (χ1) is 6.56. The molecule has 0 saturated heterocycles. The Kier molecular flexibility index (Phi) is 6.58. The predicted octanol–water partition coefficient (Wildman–Crippen LogP) is 1.28. The van der Waals surface area contributed by atoms with Gasteiger partial charge in [0.2, 0.25) is 0 Å². The molecule has 1 N–H and O–H groups in total. The molecule has 0 unspecified atom stereocenters. The summed E-state index contributed by atoms with van der Waals surface area (Å²) in [6, 6.07) is 0. The van der Waals surface area contributed by atoms with Crippen LogP contribution in [0.3, 0.4) is 0 Å². The SMILES string of the molecule is CC(C)CCO.O=C1C=CC(=O)C=C1. The summed E-state index contributed by atoms with van der Waals surface area (Å²) in [5.41, 5.74) is 0. The van der Waals surface area contributed by atoms with E-state index in [0.29, 0.717) is 12.5 Å². The van der Waals surface area contributed by atoms with Gasteiger partial charge in [-0.1, -0.05) is 13.8 Å². The van der Waals surface area contributed by atoms with Crippen LogP contribution in [-0.2, 0) is 9.59 Å². The minimum atomic E-state index is -0.121. The van der Waals surface area contributed by atoms with Crippen molar-refractivity contribution in [2.75, 3.05) is 6.61 Å². The molecule has 0 aromatic rings. The van der Waals surface area contributed by atoms with Crippen LogP contribution in [-0.4, -0.2) is 23.3 Å². The summed E-state index contributed by atoms with van der Waals surface area (Å²) < 4.78 is 0. The smallest absolute Gasteiger partial charge is 0.178 e. The second-order valence-corrected chi connectivity index (χ2v) is 3.38. The molecule has 0 heterocycles. The fourth-order valence-electron chi connectivity index (χ4n) is 0.698. The number of carbonyl (C=O) groups excluding carboxylic acids is 2. The molecule has 0 bridgehead atoms. The van der Waals surface area contributed by atoms with Gasteiger partial charge in [0.1, 0.15) is 0 Å². The van der Waals surface area contributed by atoms with E-state index in [1.165, 1.54) is 24.3 Å². The first kappa shape index (κ1) is 12.8. The average Bonchev–Trinajstić information content (AvgIpc) is 2.11. The van der Waals surface area contributed by atoms with E-state index in [4.69, 9.17) is 5.11 Å². The van der Waals surface area contributed by atoms with Gasteiger partial charge in [0.25, 0.3) is 0 Å². The summed E-state index contributed by atoms with van der Waals surface area (Å²) in [6.45, 7) is 4.52. The zero-order valence-electron chi connectivity index (χ0n) is 8.56. The van der Waals surface area contributed by atoms with Crippen LogP contribution in [0.2, 0.25) is 0 Å². The molecular formula is C11H16O3. The third-order valence-electron chi connectivity index (χ3n) is 1.53. The molecule has 3 nitrogen and oxygen atoms in total. The monoisotopic (exact) mass is 196 g/mol. The van der Waals surface area contributed by atoms with Gasteiger partial charge in [-0.2, -0.15) is 0 Å². The summed E-state index contributed by atoms with van der Waals surface area (Å²) >= 11 is 0. The number of hydrogen-bond donors (Lipinski definition) is 1. The molecule has 14 heavy (non-hydrogen) atoms. The average molecular weight is 196 g/mol. The number of ketones is 2. The molecule has 1 aliphatic carbocycles. The lowest BCUT2D eigenvalue weighted by Crippen LogP contribution is -1.97. The lowest BCUT2D eigenvalue weighted by molar-refractivity contribution is -0.113. The van der Waals surface area contributed by atoms with Crippen LogP contribution < -0.4 is 0 Å². The summed E-state index contributed by atoms with van der Waals surface area (Å²) in [5, 5.41) is 8.24. The Morgan fingerprint density at radius 2 is 1.43 bits per heavy atom. The highest BCUT2D eigenvalue weighted by Crippen LogP contribution is 1.94. The van der Waals surface area contributed by atoms with Gasteiger partial charge in [-0.3, -0.25) is 9.59 Å². The second kappa shape index (κ2) is 7.21. The number of hydrogen-bond acceptors (Lipinski definition) is 3. The maximum absolute atomic E-state index is 10.3. The van der Waals surface area contributed by atoms with Crippen molar-refractivity contribution in [3.8, 4) is 0 Å². The largest absolute Gasteiger partial charge is 0.396 e. The highest BCUT2D eigenvalue weighted by atomic mass is 16.3. The Balaban J connectivity index is 0.000000255. The zero-order valence-corrected chi connectivity index (χ0v) is 8.56. The van der Waals surface area contributed by atoms with Gasteiger partial charge in [-0.25, -0.2) is 0 Å². The molecule has 0 saturated carbocycles. The predicted molar refractivity (Wildman–Crippen MR) is 54.8 cm³/mol. The van der Waals surface area contributed by atoms with Crippen LogP contribution in [0.5, 0.6) is 0 Å². The van der Waals surface area contributed by atoms with Crippen molar-refractivity contribution in [2.45, 2.75) is 20.3 Å². The molecule has 0 aromatic carbocycles. The van der Waals surface area contributed by atoms with Crippen molar-refractivity contribution in [2.24, 2.45) is 5.92 Å². The second-order valence-electron chi connectivity index (χ2n) is 3.38. The standard InChI is InChI=1S/C6H4O2.C5H12O/c7-5-1-2-6(8)4-3-5;1-5(2)3-4-6/h1-4H;5-6H,3-4H2,1-2H3. The quantitative estimate of drug-likeness (QED) is 0.677. The molecule has 0 aliphatic heterocycles. The molecule has 0 aromatic heterocycles. The summed E-state index contributed by atoms with van der Waals surface area (Å²) in [5.74, 6) is 0.407. The molecule has 0 atom stereocenters. The van der Waals surface area contributed by atoms with Crippen LogP contribution >= 0.6 is 0 Å². The summed E-state index contributed by atoms with van der Waals surface area (Å²) in [7, 11) is 0. The maximum atomic E-state index is 10.3. The fraction of sp³-hybridized carbons (Fsp3) is 0.455. The molecule has 78 valence electrons. The van der Waals surface area contributed by atoms with E-state index < -0.39 is 0 Å². The van der Waals surface area contributed by atoms with Gasteiger partial charge in [0, 0.05) is 6.61 Å². The highest BCUT2D eigenvalue weighted by Gasteiger charge is 1.97. The Morgan fingerprint density at radius 1 is 1.07 bits per heavy atom. The first-order valence-electron chi connectivity index (χ1n) is 4.61. The summed E-state index contributed by atoms with van der Waals surface area (Å²) in [4.78, 5) is 20.6. The third-order valence-corrected chi connectivity index (χ3v) is 1.53. The fourth-order valence-corrected chi connectivity index (χ4v) is 0.698. The van der Waals surface area contributed by atoms with E-state index >= 15 is 0 Å². The molecule has 1 rings (SSSR count). The zero-order chi connectivity index (χ0) is 11.0. The first-order valence-corrected chi connectivity index (χ1v) is 4.61. The highest BCUT2D eigenvalue weighted by molar-refractivity contribution is 6.14. The van der Waals surface area contributed by atoms with Gasteiger partial charge >= 0.3 is 0 Å².